The lowest BCUT2D eigenvalue weighted by Gasteiger charge is -2.57. The summed E-state index contributed by atoms with van der Waals surface area (Å²) in [5.41, 5.74) is 1.28. The minimum Gasteiger partial charge on any atom is -0.378 e. The van der Waals surface area contributed by atoms with Gasteiger partial charge in [-0.3, -0.25) is 0 Å². The normalized spacial score (nSPS) is 51.4. The van der Waals surface area contributed by atoms with Crippen molar-refractivity contribution in [2.75, 3.05) is 0 Å². The predicted octanol–water partition coefficient (Wildman–Crippen LogP) is 5.98. The van der Waals surface area contributed by atoms with Crippen LogP contribution in [-0.2, 0) is 0 Å². The monoisotopic (exact) mass is 366 g/mol. The number of hydrogen-bond donors (Lipinski definition) is 1. The van der Waals surface area contributed by atoms with Crippen molar-refractivity contribution in [2.45, 2.75) is 90.1 Å². The Morgan fingerprint density at radius 3 is 2.44 bits per heavy atom. The molecule has 0 bridgehead atoms. The van der Waals surface area contributed by atoms with Crippen LogP contribution < -0.4 is 0 Å². The first-order valence-corrected chi connectivity index (χ1v) is 11.8. The molecule has 0 saturated heterocycles. The molecule has 1 N–H and O–H groups in total. The summed E-state index contributed by atoms with van der Waals surface area (Å²) in [4.78, 5) is 0. The summed E-state index contributed by atoms with van der Waals surface area (Å²) >= 11 is 0. The highest BCUT2D eigenvalue weighted by atomic mass is 16.3. The zero-order valence-electron chi connectivity index (χ0n) is 17.5. The maximum Gasteiger partial charge on any atom is 0.125 e. The van der Waals surface area contributed by atoms with Crippen molar-refractivity contribution in [1.29, 1.82) is 0 Å². The van der Waals surface area contributed by atoms with Crippen LogP contribution in [0.2, 0.25) is 0 Å². The van der Waals surface area contributed by atoms with Gasteiger partial charge in [0.05, 0.1) is 0 Å². The van der Waals surface area contributed by atoms with Gasteiger partial charge in [-0.05, 0) is 118 Å². The van der Waals surface area contributed by atoms with Crippen LogP contribution in [0.4, 0.5) is 0 Å². The third-order valence-corrected chi connectivity index (χ3v) is 9.69. The summed E-state index contributed by atoms with van der Waals surface area (Å²) in [7, 11) is 0. The van der Waals surface area contributed by atoms with E-state index in [0.29, 0.717) is 11.3 Å². The zero-order chi connectivity index (χ0) is 18.8. The molecule has 0 radical (unpaired) electrons. The molecule has 0 aromatic rings. The van der Waals surface area contributed by atoms with Crippen LogP contribution in [0.3, 0.4) is 0 Å². The van der Waals surface area contributed by atoms with E-state index < -0.39 is 5.60 Å². The van der Waals surface area contributed by atoms with Gasteiger partial charge >= 0.3 is 0 Å². The van der Waals surface area contributed by atoms with Crippen molar-refractivity contribution in [3.63, 3.8) is 0 Å². The molecule has 5 aliphatic rings. The fourth-order valence-corrected chi connectivity index (χ4v) is 8.27. The highest BCUT2D eigenvalue weighted by Gasteiger charge is 2.57. The predicted molar refractivity (Wildman–Crippen MR) is 111 cm³/mol. The van der Waals surface area contributed by atoms with Crippen molar-refractivity contribution < 1.29 is 5.11 Å². The quantitative estimate of drug-likeness (QED) is 0.447. The molecule has 0 heterocycles. The van der Waals surface area contributed by atoms with Gasteiger partial charge in [-0.2, -0.15) is 0 Å². The highest BCUT2D eigenvalue weighted by Crippen LogP contribution is 2.65. The van der Waals surface area contributed by atoms with Crippen LogP contribution in [0.25, 0.3) is 0 Å². The molecular formula is C26H38O. The third kappa shape index (κ3) is 3.02. The molecule has 0 spiro atoms. The van der Waals surface area contributed by atoms with E-state index >= 15 is 0 Å². The molecular weight excluding hydrogens is 328 g/mol. The third-order valence-electron chi connectivity index (χ3n) is 9.69. The van der Waals surface area contributed by atoms with Gasteiger partial charge in [0.1, 0.15) is 5.60 Å². The first-order chi connectivity index (χ1) is 12.9. The second-order valence-electron chi connectivity index (χ2n) is 11.3. The van der Waals surface area contributed by atoms with E-state index in [0.717, 1.165) is 48.3 Å². The molecule has 5 aliphatic carbocycles. The number of allylic oxidation sites excluding steroid dienone is 1. The Morgan fingerprint density at radius 1 is 0.926 bits per heavy atom. The first kappa shape index (κ1) is 18.3. The van der Waals surface area contributed by atoms with Crippen molar-refractivity contribution >= 4 is 0 Å². The lowest BCUT2D eigenvalue weighted by molar-refractivity contribution is -0.0872. The van der Waals surface area contributed by atoms with E-state index in [1.807, 2.05) is 0 Å². The molecule has 0 aromatic heterocycles. The lowest BCUT2D eigenvalue weighted by Crippen LogP contribution is -2.50. The molecule has 0 aliphatic heterocycles. The smallest absolute Gasteiger partial charge is 0.125 e. The van der Waals surface area contributed by atoms with E-state index in [-0.39, 0.29) is 0 Å². The van der Waals surface area contributed by atoms with Gasteiger partial charge in [-0.15, -0.1) is 0 Å². The Balaban J connectivity index is 1.32. The van der Waals surface area contributed by atoms with Gasteiger partial charge in [-0.25, -0.2) is 0 Å². The van der Waals surface area contributed by atoms with Gasteiger partial charge in [-0.1, -0.05) is 30.9 Å². The SMILES string of the molecule is C=C(C)[C@H]1CC[C@H]2[C@@H]3CC[C@H]4C[C@](O)(C#CC5CC5)CC[C@@H]4[C@H]3CC[C@]12C. The number of aliphatic hydroxyl groups is 1. The molecule has 0 amide bonds. The maximum absolute atomic E-state index is 11.1. The van der Waals surface area contributed by atoms with Crippen LogP contribution in [0.1, 0.15) is 84.5 Å². The molecule has 1 nitrogen and oxygen atoms in total. The molecule has 0 unspecified atom stereocenters. The number of fused-ring (bicyclic) bond motifs is 5. The van der Waals surface area contributed by atoms with Crippen LogP contribution in [-0.4, -0.2) is 10.7 Å². The summed E-state index contributed by atoms with van der Waals surface area (Å²) in [5.74, 6) is 12.4. The van der Waals surface area contributed by atoms with Crippen LogP contribution in [0.15, 0.2) is 12.2 Å². The van der Waals surface area contributed by atoms with Crippen molar-refractivity contribution in [1.82, 2.24) is 0 Å². The average molecular weight is 367 g/mol. The summed E-state index contributed by atoms with van der Waals surface area (Å²) in [5, 5.41) is 11.1. The van der Waals surface area contributed by atoms with Crippen molar-refractivity contribution in [2.24, 2.45) is 46.8 Å². The van der Waals surface area contributed by atoms with E-state index in [4.69, 9.17) is 0 Å². The molecule has 0 aromatic carbocycles. The molecule has 148 valence electrons. The van der Waals surface area contributed by atoms with Crippen LogP contribution in [0, 0.1) is 58.7 Å². The Morgan fingerprint density at radius 2 is 1.70 bits per heavy atom. The van der Waals surface area contributed by atoms with E-state index in [1.165, 1.54) is 63.4 Å². The van der Waals surface area contributed by atoms with E-state index in [9.17, 15) is 5.11 Å². The zero-order valence-corrected chi connectivity index (χ0v) is 17.5. The second-order valence-corrected chi connectivity index (χ2v) is 11.3. The van der Waals surface area contributed by atoms with E-state index in [2.05, 4.69) is 32.3 Å². The molecule has 27 heavy (non-hydrogen) atoms. The minimum atomic E-state index is -0.668. The van der Waals surface area contributed by atoms with E-state index in [1.54, 1.807) is 0 Å². The van der Waals surface area contributed by atoms with Crippen LogP contribution >= 0.6 is 0 Å². The van der Waals surface area contributed by atoms with Crippen LogP contribution in [0.5, 0.6) is 0 Å². The largest absolute Gasteiger partial charge is 0.378 e. The summed E-state index contributed by atoms with van der Waals surface area (Å²) < 4.78 is 0. The Labute approximate surface area is 166 Å². The van der Waals surface area contributed by atoms with Crippen molar-refractivity contribution in [3.05, 3.63) is 12.2 Å². The minimum absolute atomic E-state index is 0.519. The first-order valence-electron chi connectivity index (χ1n) is 11.8. The lowest BCUT2D eigenvalue weighted by atomic mass is 9.49. The van der Waals surface area contributed by atoms with Gasteiger partial charge in [0.25, 0.3) is 0 Å². The molecule has 1 heteroatoms. The van der Waals surface area contributed by atoms with Gasteiger partial charge in [0.2, 0.25) is 0 Å². The fraction of sp³-hybridized carbons (Fsp3) is 0.846. The summed E-state index contributed by atoms with van der Waals surface area (Å²) in [6.45, 7) is 9.22. The van der Waals surface area contributed by atoms with Crippen molar-refractivity contribution in [3.8, 4) is 11.8 Å². The van der Waals surface area contributed by atoms with Gasteiger partial charge in [0, 0.05) is 5.92 Å². The summed E-state index contributed by atoms with van der Waals surface area (Å²) in [6, 6.07) is 0. The second kappa shape index (κ2) is 6.38. The molecule has 5 rings (SSSR count). The number of rotatable bonds is 1. The molecule has 8 atom stereocenters. The molecule has 5 fully saturated rings. The highest BCUT2D eigenvalue weighted by molar-refractivity contribution is 5.21. The standard InChI is InChI=1S/C26H38O/c1-17(2)23-8-9-24-22-7-6-19-16-26(27,14-10-18-4-5-18)15-12-20(19)21(22)11-13-25(23,24)3/h18-24,27H,1,4-9,11-13,15-16H2,2-3H3/t19-,20-,21+,22+,23+,24-,25+,26-/m0/s1. The van der Waals surface area contributed by atoms with Gasteiger partial charge in [0.15, 0.2) is 0 Å². The summed E-state index contributed by atoms with van der Waals surface area (Å²) in [6.07, 6.45) is 14.0. The number of hydrogen-bond acceptors (Lipinski definition) is 1. The Hall–Kier alpha value is -0.740. The Bertz CT molecular complexity index is 678. The fourth-order valence-electron chi connectivity index (χ4n) is 8.27. The Kier molecular flexibility index (Phi) is 4.33. The molecule has 5 saturated carbocycles. The topological polar surface area (TPSA) is 20.2 Å². The van der Waals surface area contributed by atoms with Gasteiger partial charge < -0.3 is 5.11 Å². The average Bonchev–Trinajstić information content (AvgIpc) is 3.39. The maximum atomic E-state index is 11.1.